The van der Waals surface area contributed by atoms with Crippen molar-refractivity contribution < 1.29 is 13.6 Å². The predicted octanol–water partition coefficient (Wildman–Crippen LogP) is 1.29. The molecule has 1 atom stereocenters. The molecule has 0 N–H and O–H groups in total. The summed E-state index contributed by atoms with van der Waals surface area (Å²) in [5.74, 6) is 0.169. The first kappa shape index (κ1) is 15.6. The molecule has 1 heterocycles. The Kier molecular flexibility index (Phi) is 7.46. The molecule has 0 bridgehead atoms. The van der Waals surface area contributed by atoms with Crippen LogP contribution in [-0.2, 0) is 16.1 Å². The Morgan fingerprint density at radius 2 is 1.72 bits per heavy atom. The zero-order chi connectivity index (χ0) is 13.4. The molecule has 1 saturated heterocycles. The number of piperazine rings is 1. The van der Waals surface area contributed by atoms with Crippen LogP contribution in [0.3, 0.4) is 0 Å². The van der Waals surface area contributed by atoms with E-state index in [2.05, 4.69) is 6.92 Å². The number of hydrogen-bond donors (Lipinski definition) is 0. The topological polar surface area (TPSA) is 63.7 Å². The molecule has 1 rings (SSSR count). The third-order valence-corrected chi connectivity index (χ3v) is 4.08. The molecule has 18 heavy (non-hydrogen) atoms. The molecule has 1 fully saturated rings. The van der Waals surface area contributed by atoms with Crippen molar-refractivity contribution in [2.24, 2.45) is 0 Å². The van der Waals surface area contributed by atoms with Gasteiger partial charge in [0.05, 0.1) is 0 Å². The van der Waals surface area contributed by atoms with Crippen LogP contribution in [0.1, 0.15) is 45.4 Å². The second-order valence-electron chi connectivity index (χ2n) is 4.69. The fourth-order valence-electron chi connectivity index (χ4n) is 2.12. The van der Waals surface area contributed by atoms with Crippen LogP contribution in [0.4, 0.5) is 0 Å². The van der Waals surface area contributed by atoms with Crippen LogP contribution in [0, 0.1) is 0 Å². The van der Waals surface area contributed by atoms with E-state index in [0.717, 1.165) is 12.8 Å². The van der Waals surface area contributed by atoms with E-state index in [-0.39, 0.29) is 5.91 Å². The van der Waals surface area contributed by atoms with E-state index in [1.54, 1.807) is 4.90 Å². The van der Waals surface area contributed by atoms with Crippen LogP contribution in [0.5, 0.6) is 0 Å². The zero-order valence-corrected chi connectivity index (χ0v) is 11.9. The Morgan fingerprint density at radius 1 is 1.11 bits per heavy atom. The molecule has 6 heteroatoms. The van der Waals surface area contributed by atoms with E-state index >= 15 is 0 Å². The Morgan fingerprint density at radius 3 is 2.28 bits per heavy atom. The van der Waals surface area contributed by atoms with Gasteiger partial charge in [0.2, 0.25) is 5.91 Å². The zero-order valence-electron chi connectivity index (χ0n) is 11.1. The van der Waals surface area contributed by atoms with Crippen molar-refractivity contribution in [3.8, 4) is 0 Å². The Balaban J connectivity index is 2.14. The van der Waals surface area contributed by atoms with Crippen LogP contribution in [-0.4, -0.2) is 50.1 Å². The molecule has 1 aliphatic rings. The molecule has 5 nitrogen and oxygen atoms in total. The molecular weight excluding hydrogens is 252 g/mol. The quantitative estimate of drug-likeness (QED) is 0.519. The lowest BCUT2D eigenvalue weighted by Gasteiger charge is -2.35. The van der Waals surface area contributed by atoms with E-state index in [9.17, 15) is 13.6 Å². The second kappa shape index (κ2) is 8.61. The summed E-state index contributed by atoms with van der Waals surface area (Å²) < 4.78 is 22.8. The van der Waals surface area contributed by atoms with Crippen molar-refractivity contribution in [2.45, 2.75) is 45.4 Å². The first-order chi connectivity index (χ1) is 8.65. The maximum absolute atomic E-state index is 11.9. The SMILES string of the molecule is CCCCCCCC(=O)N1CCN(S(=O)[O-])CC1. The van der Waals surface area contributed by atoms with Gasteiger partial charge in [0.25, 0.3) is 0 Å². The molecule has 0 radical (unpaired) electrons. The van der Waals surface area contributed by atoms with E-state index in [0.29, 0.717) is 32.6 Å². The monoisotopic (exact) mass is 275 g/mol. The minimum Gasteiger partial charge on any atom is -0.760 e. The molecule has 0 spiro atoms. The fraction of sp³-hybridized carbons (Fsp3) is 0.917. The summed E-state index contributed by atoms with van der Waals surface area (Å²) in [6.45, 7) is 4.09. The van der Waals surface area contributed by atoms with Crippen LogP contribution < -0.4 is 0 Å². The van der Waals surface area contributed by atoms with Crippen molar-refractivity contribution in [1.29, 1.82) is 0 Å². The minimum atomic E-state index is -2.14. The van der Waals surface area contributed by atoms with Crippen LogP contribution in [0.15, 0.2) is 0 Å². The molecule has 1 amide bonds. The maximum Gasteiger partial charge on any atom is 0.222 e. The number of nitrogens with zero attached hydrogens (tertiary/aromatic N) is 2. The van der Waals surface area contributed by atoms with Gasteiger partial charge in [0, 0.05) is 43.9 Å². The first-order valence-corrected chi connectivity index (χ1v) is 7.80. The molecule has 0 aliphatic carbocycles. The van der Waals surface area contributed by atoms with Crippen molar-refractivity contribution in [3.63, 3.8) is 0 Å². The van der Waals surface area contributed by atoms with Gasteiger partial charge in [-0.05, 0) is 6.42 Å². The van der Waals surface area contributed by atoms with Gasteiger partial charge in [0.15, 0.2) is 0 Å². The van der Waals surface area contributed by atoms with Crippen molar-refractivity contribution >= 4 is 17.2 Å². The largest absolute Gasteiger partial charge is 0.760 e. The Bertz CT molecular complexity index is 278. The van der Waals surface area contributed by atoms with Crippen LogP contribution >= 0.6 is 0 Å². The van der Waals surface area contributed by atoms with Gasteiger partial charge in [-0.3, -0.25) is 9.00 Å². The van der Waals surface area contributed by atoms with E-state index in [1.807, 2.05) is 0 Å². The lowest BCUT2D eigenvalue weighted by Crippen LogP contribution is -2.48. The lowest BCUT2D eigenvalue weighted by molar-refractivity contribution is -0.132. The first-order valence-electron chi connectivity index (χ1n) is 6.77. The molecule has 0 aromatic heterocycles. The highest BCUT2D eigenvalue weighted by atomic mass is 32.2. The summed E-state index contributed by atoms with van der Waals surface area (Å²) in [5, 5.41) is 0. The molecule has 1 aliphatic heterocycles. The van der Waals surface area contributed by atoms with E-state index in [4.69, 9.17) is 0 Å². The summed E-state index contributed by atoms with van der Waals surface area (Å²) in [7, 11) is 0. The maximum atomic E-state index is 11.9. The van der Waals surface area contributed by atoms with E-state index in [1.165, 1.54) is 23.6 Å². The van der Waals surface area contributed by atoms with Gasteiger partial charge < -0.3 is 9.45 Å². The van der Waals surface area contributed by atoms with Crippen molar-refractivity contribution in [1.82, 2.24) is 9.21 Å². The predicted molar refractivity (Wildman–Crippen MR) is 70.4 cm³/mol. The number of rotatable bonds is 7. The van der Waals surface area contributed by atoms with Gasteiger partial charge in [0.1, 0.15) is 0 Å². The number of carbonyl (C=O) groups is 1. The van der Waals surface area contributed by atoms with Gasteiger partial charge >= 0.3 is 0 Å². The Hall–Kier alpha value is -0.460. The third-order valence-electron chi connectivity index (χ3n) is 3.30. The van der Waals surface area contributed by atoms with Crippen LogP contribution in [0.2, 0.25) is 0 Å². The summed E-state index contributed by atoms with van der Waals surface area (Å²) in [6, 6.07) is 0. The molecule has 1 unspecified atom stereocenters. The standard InChI is InChI=1S/C12H24N2O3S/c1-2-3-4-5-6-7-12(15)13-8-10-14(11-9-13)18(16)17/h2-11H2,1H3,(H,16,17)/p-1. The highest BCUT2D eigenvalue weighted by Gasteiger charge is 2.20. The normalized spacial score (nSPS) is 18.9. The number of carbonyl (C=O) groups excluding carboxylic acids is 1. The summed E-state index contributed by atoms with van der Waals surface area (Å²) in [6.07, 6.45) is 6.32. The molecule has 0 aromatic carbocycles. The van der Waals surface area contributed by atoms with Gasteiger partial charge in [-0.2, -0.15) is 0 Å². The summed E-state index contributed by atoms with van der Waals surface area (Å²) in [5.41, 5.74) is 0. The number of hydrogen-bond acceptors (Lipinski definition) is 3. The smallest absolute Gasteiger partial charge is 0.222 e. The highest BCUT2D eigenvalue weighted by molar-refractivity contribution is 7.76. The molecular formula is C12H23N2O3S-. The van der Waals surface area contributed by atoms with Gasteiger partial charge in [-0.15, -0.1) is 0 Å². The average Bonchev–Trinajstić information content (AvgIpc) is 2.38. The highest BCUT2D eigenvalue weighted by Crippen LogP contribution is 2.09. The fourth-order valence-corrected chi connectivity index (χ4v) is 2.59. The molecule has 0 saturated carbocycles. The number of unbranched alkanes of at least 4 members (excludes halogenated alkanes) is 4. The third kappa shape index (κ3) is 5.46. The molecule has 0 aromatic rings. The summed E-state index contributed by atoms with van der Waals surface area (Å²) in [4.78, 5) is 13.6. The minimum absolute atomic E-state index is 0.169. The van der Waals surface area contributed by atoms with Crippen molar-refractivity contribution in [2.75, 3.05) is 26.2 Å². The van der Waals surface area contributed by atoms with Gasteiger partial charge in [-0.25, -0.2) is 4.31 Å². The summed E-state index contributed by atoms with van der Waals surface area (Å²) >= 11 is -2.14. The molecule has 106 valence electrons. The van der Waals surface area contributed by atoms with Crippen LogP contribution in [0.25, 0.3) is 0 Å². The number of amides is 1. The second-order valence-corrected chi connectivity index (χ2v) is 5.64. The average molecular weight is 275 g/mol. The van der Waals surface area contributed by atoms with E-state index < -0.39 is 11.3 Å². The lowest BCUT2D eigenvalue weighted by atomic mass is 10.1. The van der Waals surface area contributed by atoms with Gasteiger partial charge in [-0.1, -0.05) is 32.6 Å². The Labute approximate surface area is 112 Å². The van der Waals surface area contributed by atoms with Crippen molar-refractivity contribution in [3.05, 3.63) is 0 Å².